The van der Waals surface area contributed by atoms with Gasteiger partial charge in [-0.1, -0.05) is 30.7 Å². The number of likely N-dealkylation sites (tertiary alicyclic amines) is 1. The summed E-state index contributed by atoms with van der Waals surface area (Å²) < 4.78 is 38.6. The second-order valence-electron chi connectivity index (χ2n) is 6.95. The highest BCUT2D eigenvalue weighted by Crippen LogP contribution is 2.29. The van der Waals surface area contributed by atoms with Crippen LogP contribution in [0.1, 0.15) is 30.4 Å². The molecule has 1 fully saturated rings. The molecule has 2 aromatic carbocycles. The molecule has 6 nitrogen and oxygen atoms in total. The van der Waals surface area contributed by atoms with E-state index in [9.17, 15) is 8.42 Å². The summed E-state index contributed by atoms with van der Waals surface area (Å²) in [5, 5.41) is 0. The summed E-state index contributed by atoms with van der Waals surface area (Å²) in [6, 6.07) is 12.6. The second kappa shape index (κ2) is 9.41. The van der Waals surface area contributed by atoms with E-state index in [1.54, 1.807) is 6.07 Å². The van der Waals surface area contributed by atoms with Crippen LogP contribution < -0.4 is 14.2 Å². The predicted octanol–water partition coefficient (Wildman–Crippen LogP) is 3.17. The number of nitrogens with one attached hydrogen (secondary N) is 1. The molecule has 7 heteroatoms. The van der Waals surface area contributed by atoms with Gasteiger partial charge in [-0.25, -0.2) is 13.1 Å². The van der Waals surface area contributed by atoms with Gasteiger partial charge in [0.25, 0.3) is 0 Å². The van der Waals surface area contributed by atoms with Gasteiger partial charge in [0.15, 0.2) is 11.5 Å². The number of ether oxygens (including phenoxy) is 2. The Bertz CT molecular complexity index is 893. The molecular weight excluding hydrogens is 376 g/mol. The minimum atomic E-state index is -3.67. The minimum Gasteiger partial charge on any atom is -0.493 e. The van der Waals surface area contributed by atoms with Crippen LogP contribution in [0.15, 0.2) is 47.4 Å². The fraction of sp³-hybridized carbons (Fsp3) is 0.429. The second-order valence-corrected chi connectivity index (χ2v) is 8.71. The molecule has 0 unspecified atom stereocenters. The normalized spacial score (nSPS) is 15.4. The van der Waals surface area contributed by atoms with Crippen molar-refractivity contribution in [2.45, 2.75) is 37.2 Å². The third-order valence-electron chi connectivity index (χ3n) is 5.08. The Morgan fingerprint density at radius 1 is 0.929 bits per heavy atom. The Labute approximate surface area is 167 Å². The molecule has 0 aliphatic carbocycles. The van der Waals surface area contributed by atoms with Crippen LogP contribution in [-0.4, -0.2) is 40.6 Å². The Kier molecular flexibility index (Phi) is 6.93. The molecule has 2 aromatic rings. The maximum Gasteiger partial charge on any atom is 0.241 e. The number of nitrogens with zero attached hydrogens (tertiary/aromatic N) is 1. The van der Waals surface area contributed by atoms with Crippen molar-refractivity contribution >= 4 is 10.0 Å². The van der Waals surface area contributed by atoms with Crippen molar-refractivity contribution < 1.29 is 17.9 Å². The average molecular weight is 405 g/mol. The maximum atomic E-state index is 12.8. The molecule has 1 aliphatic rings. The van der Waals surface area contributed by atoms with Crippen LogP contribution in [0.4, 0.5) is 0 Å². The third kappa shape index (κ3) is 5.04. The molecular formula is C21H28N2O4S. The van der Waals surface area contributed by atoms with E-state index in [1.807, 2.05) is 18.2 Å². The summed E-state index contributed by atoms with van der Waals surface area (Å²) in [5.74, 6) is 0.879. The van der Waals surface area contributed by atoms with Crippen LogP contribution in [0, 0.1) is 0 Å². The lowest BCUT2D eigenvalue weighted by Crippen LogP contribution is -2.30. The van der Waals surface area contributed by atoms with Crippen LogP contribution in [0.2, 0.25) is 0 Å². The van der Waals surface area contributed by atoms with Crippen molar-refractivity contribution in [3.63, 3.8) is 0 Å². The van der Waals surface area contributed by atoms with Crippen molar-refractivity contribution in [1.29, 1.82) is 0 Å². The molecule has 0 atom stereocenters. The SMILES string of the molecule is COc1ccc(S(=O)(=O)NCc2ccccc2CN2CCCCC2)cc1OC. The van der Waals surface area contributed by atoms with Gasteiger partial charge in [-0.2, -0.15) is 0 Å². The molecule has 152 valence electrons. The highest BCUT2D eigenvalue weighted by molar-refractivity contribution is 7.89. The molecule has 28 heavy (non-hydrogen) atoms. The van der Waals surface area contributed by atoms with Gasteiger partial charge >= 0.3 is 0 Å². The van der Waals surface area contributed by atoms with E-state index in [-0.39, 0.29) is 11.4 Å². The minimum absolute atomic E-state index is 0.152. The Morgan fingerprint density at radius 3 is 2.29 bits per heavy atom. The average Bonchev–Trinajstić information content (AvgIpc) is 2.73. The number of hydrogen-bond acceptors (Lipinski definition) is 5. The van der Waals surface area contributed by atoms with Crippen molar-refractivity contribution in [3.05, 3.63) is 53.6 Å². The van der Waals surface area contributed by atoms with Gasteiger partial charge in [-0.15, -0.1) is 0 Å². The number of piperidine rings is 1. The number of rotatable bonds is 8. The number of methoxy groups -OCH3 is 2. The highest BCUT2D eigenvalue weighted by atomic mass is 32.2. The number of sulfonamides is 1. The van der Waals surface area contributed by atoms with Crippen molar-refractivity contribution in [3.8, 4) is 11.5 Å². The molecule has 1 N–H and O–H groups in total. The Hall–Kier alpha value is -2.09. The summed E-state index contributed by atoms with van der Waals surface area (Å²) in [6.07, 6.45) is 3.76. The van der Waals surface area contributed by atoms with Crippen LogP contribution in [-0.2, 0) is 23.1 Å². The van der Waals surface area contributed by atoms with Crippen molar-refractivity contribution in [1.82, 2.24) is 9.62 Å². The molecule has 3 rings (SSSR count). The van der Waals surface area contributed by atoms with Crippen molar-refractivity contribution in [2.75, 3.05) is 27.3 Å². The molecule has 0 aromatic heterocycles. The predicted molar refractivity (Wildman–Crippen MR) is 109 cm³/mol. The molecule has 1 saturated heterocycles. The first kappa shape index (κ1) is 20.6. The molecule has 0 spiro atoms. The summed E-state index contributed by atoms with van der Waals surface area (Å²) in [5.41, 5.74) is 2.16. The van der Waals surface area contributed by atoms with E-state index < -0.39 is 10.0 Å². The Morgan fingerprint density at radius 2 is 1.61 bits per heavy atom. The molecule has 0 saturated carbocycles. The van der Waals surface area contributed by atoms with Crippen LogP contribution in [0.5, 0.6) is 11.5 Å². The molecule has 0 bridgehead atoms. The number of hydrogen-bond donors (Lipinski definition) is 1. The molecule has 1 aliphatic heterocycles. The highest BCUT2D eigenvalue weighted by Gasteiger charge is 2.18. The smallest absolute Gasteiger partial charge is 0.241 e. The maximum absolute atomic E-state index is 12.8. The van der Waals surface area contributed by atoms with E-state index >= 15 is 0 Å². The van der Waals surface area contributed by atoms with E-state index in [2.05, 4.69) is 15.7 Å². The number of benzene rings is 2. The van der Waals surface area contributed by atoms with Gasteiger partial charge in [0.05, 0.1) is 19.1 Å². The third-order valence-corrected chi connectivity index (χ3v) is 6.48. The van der Waals surface area contributed by atoms with E-state index in [0.29, 0.717) is 11.5 Å². The van der Waals surface area contributed by atoms with Crippen LogP contribution >= 0.6 is 0 Å². The van der Waals surface area contributed by atoms with Gasteiger partial charge in [0.2, 0.25) is 10.0 Å². The van der Waals surface area contributed by atoms with Gasteiger partial charge in [-0.3, -0.25) is 4.90 Å². The fourth-order valence-corrected chi connectivity index (χ4v) is 4.50. The standard InChI is InChI=1S/C21H28N2O4S/c1-26-20-11-10-19(14-21(20)27-2)28(24,25)22-15-17-8-4-5-9-18(17)16-23-12-6-3-7-13-23/h4-5,8-11,14,22H,3,6-7,12-13,15-16H2,1-2H3. The zero-order valence-corrected chi connectivity index (χ0v) is 17.3. The molecule has 1 heterocycles. The van der Waals surface area contributed by atoms with Gasteiger partial charge in [0.1, 0.15) is 0 Å². The zero-order valence-electron chi connectivity index (χ0n) is 16.5. The van der Waals surface area contributed by atoms with E-state index in [4.69, 9.17) is 9.47 Å². The summed E-state index contributed by atoms with van der Waals surface area (Å²) in [6.45, 7) is 3.31. The lowest BCUT2D eigenvalue weighted by molar-refractivity contribution is 0.220. The van der Waals surface area contributed by atoms with Gasteiger partial charge in [-0.05, 0) is 49.2 Å². The fourth-order valence-electron chi connectivity index (χ4n) is 3.48. The van der Waals surface area contributed by atoms with Gasteiger partial charge in [0, 0.05) is 19.2 Å². The first-order chi connectivity index (χ1) is 13.5. The summed E-state index contributed by atoms with van der Waals surface area (Å²) in [7, 11) is -0.663. The topological polar surface area (TPSA) is 67.9 Å². The molecule has 0 radical (unpaired) electrons. The summed E-state index contributed by atoms with van der Waals surface area (Å²) >= 11 is 0. The first-order valence-electron chi connectivity index (χ1n) is 9.54. The zero-order chi connectivity index (χ0) is 20.0. The quantitative estimate of drug-likeness (QED) is 0.732. The van der Waals surface area contributed by atoms with E-state index in [1.165, 1.54) is 51.2 Å². The largest absolute Gasteiger partial charge is 0.493 e. The first-order valence-corrected chi connectivity index (χ1v) is 11.0. The summed E-state index contributed by atoms with van der Waals surface area (Å²) in [4.78, 5) is 2.59. The lowest BCUT2D eigenvalue weighted by atomic mass is 10.1. The van der Waals surface area contributed by atoms with Crippen LogP contribution in [0.3, 0.4) is 0 Å². The van der Waals surface area contributed by atoms with Crippen molar-refractivity contribution in [2.24, 2.45) is 0 Å². The molecule has 0 amide bonds. The Balaban J connectivity index is 1.72. The lowest BCUT2D eigenvalue weighted by Gasteiger charge is -2.27. The van der Waals surface area contributed by atoms with E-state index in [0.717, 1.165) is 25.2 Å². The monoisotopic (exact) mass is 404 g/mol. The van der Waals surface area contributed by atoms with Gasteiger partial charge < -0.3 is 9.47 Å². The van der Waals surface area contributed by atoms with Crippen LogP contribution in [0.25, 0.3) is 0 Å².